The standard InChI is InChI=1S/C7H12N4O2S/c1-4(3-12)14-7-10-5(8)9-6(11-7)13-2/h4,12H,3H2,1-2H3,(H2,8,9,10,11). The van der Waals surface area contributed by atoms with Crippen LogP contribution in [0.25, 0.3) is 0 Å². The number of hydrogen-bond acceptors (Lipinski definition) is 7. The Bertz CT molecular complexity index is 310. The third-order valence-electron chi connectivity index (χ3n) is 1.36. The van der Waals surface area contributed by atoms with Crippen molar-refractivity contribution in [2.75, 3.05) is 19.5 Å². The lowest BCUT2D eigenvalue weighted by Crippen LogP contribution is -2.06. The van der Waals surface area contributed by atoms with E-state index in [4.69, 9.17) is 15.6 Å². The van der Waals surface area contributed by atoms with E-state index in [1.165, 1.54) is 18.9 Å². The van der Waals surface area contributed by atoms with Crippen LogP contribution in [0.15, 0.2) is 5.16 Å². The number of rotatable bonds is 4. The van der Waals surface area contributed by atoms with Crippen LogP contribution >= 0.6 is 11.8 Å². The van der Waals surface area contributed by atoms with Crippen molar-refractivity contribution in [1.82, 2.24) is 15.0 Å². The van der Waals surface area contributed by atoms with Gasteiger partial charge in [0.05, 0.1) is 13.7 Å². The third-order valence-corrected chi connectivity index (χ3v) is 2.30. The van der Waals surface area contributed by atoms with Crippen LogP contribution in [0.5, 0.6) is 6.01 Å². The molecule has 0 spiro atoms. The molecule has 0 fully saturated rings. The monoisotopic (exact) mass is 216 g/mol. The molecule has 14 heavy (non-hydrogen) atoms. The highest BCUT2D eigenvalue weighted by molar-refractivity contribution is 7.99. The Kier molecular flexibility index (Phi) is 3.90. The van der Waals surface area contributed by atoms with Crippen molar-refractivity contribution in [3.63, 3.8) is 0 Å². The molecular weight excluding hydrogens is 204 g/mol. The van der Waals surface area contributed by atoms with E-state index < -0.39 is 0 Å². The summed E-state index contributed by atoms with van der Waals surface area (Å²) in [4.78, 5) is 11.6. The Morgan fingerprint density at radius 2 is 2.21 bits per heavy atom. The van der Waals surface area contributed by atoms with E-state index in [1.54, 1.807) is 0 Å². The van der Waals surface area contributed by atoms with E-state index in [9.17, 15) is 0 Å². The zero-order valence-electron chi connectivity index (χ0n) is 7.97. The predicted octanol–water partition coefficient (Wildman–Crippen LogP) is -0.0647. The van der Waals surface area contributed by atoms with Gasteiger partial charge in [0.25, 0.3) is 0 Å². The van der Waals surface area contributed by atoms with Crippen LogP contribution in [0.2, 0.25) is 0 Å². The maximum Gasteiger partial charge on any atom is 0.321 e. The molecular formula is C7H12N4O2S. The zero-order valence-corrected chi connectivity index (χ0v) is 8.78. The molecule has 78 valence electrons. The summed E-state index contributed by atoms with van der Waals surface area (Å²) < 4.78 is 4.83. The van der Waals surface area contributed by atoms with Crippen molar-refractivity contribution in [1.29, 1.82) is 0 Å². The van der Waals surface area contributed by atoms with Crippen molar-refractivity contribution in [2.45, 2.75) is 17.3 Å². The van der Waals surface area contributed by atoms with Crippen molar-refractivity contribution in [3.8, 4) is 6.01 Å². The second kappa shape index (κ2) is 4.97. The number of anilines is 1. The van der Waals surface area contributed by atoms with Gasteiger partial charge in [-0.2, -0.15) is 15.0 Å². The number of aliphatic hydroxyl groups excluding tert-OH is 1. The number of thioether (sulfide) groups is 1. The Morgan fingerprint density at radius 3 is 2.79 bits per heavy atom. The Morgan fingerprint density at radius 1 is 1.50 bits per heavy atom. The Balaban J connectivity index is 2.81. The van der Waals surface area contributed by atoms with E-state index in [0.29, 0.717) is 5.16 Å². The number of nitrogens with two attached hydrogens (primary N) is 1. The quantitative estimate of drug-likeness (QED) is 0.680. The molecule has 6 nitrogen and oxygen atoms in total. The average molecular weight is 216 g/mol. The van der Waals surface area contributed by atoms with Crippen LogP contribution in [-0.4, -0.2) is 39.0 Å². The number of nitrogens with zero attached hydrogens (tertiary/aromatic N) is 3. The van der Waals surface area contributed by atoms with E-state index in [1.807, 2.05) is 6.92 Å². The molecule has 1 rings (SSSR count). The third kappa shape index (κ3) is 3.00. The average Bonchev–Trinajstić information content (AvgIpc) is 2.16. The minimum absolute atomic E-state index is 0.0153. The zero-order chi connectivity index (χ0) is 10.6. The smallest absolute Gasteiger partial charge is 0.321 e. The summed E-state index contributed by atoms with van der Waals surface area (Å²) in [5, 5.41) is 9.31. The molecule has 0 saturated heterocycles. The number of nitrogen functional groups attached to an aromatic ring is 1. The summed E-state index contributed by atoms with van der Waals surface area (Å²) in [6, 6.07) is 0.185. The summed E-state index contributed by atoms with van der Waals surface area (Å²) in [6.07, 6.45) is 0. The predicted molar refractivity (Wildman–Crippen MR) is 53.2 cm³/mol. The molecule has 1 aromatic rings. The van der Waals surface area contributed by atoms with E-state index in [-0.39, 0.29) is 23.8 Å². The van der Waals surface area contributed by atoms with Gasteiger partial charge in [0.2, 0.25) is 5.95 Å². The van der Waals surface area contributed by atoms with Gasteiger partial charge in [0, 0.05) is 5.25 Å². The second-order valence-electron chi connectivity index (χ2n) is 2.57. The molecule has 1 unspecified atom stereocenters. The molecule has 0 aromatic carbocycles. The molecule has 0 aliphatic rings. The molecule has 0 amide bonds. The molecule has 3 N–H and O–H groups in total. The van der Waals surface area contributed by atoms with Crippen LogP contribution in [0.1, 0.15) is 6.92 Å². The molecule has 0 aliphatic carbocycles. The molecule has 1 heterocycles. The van der Waals surface area contributed by atoms with Crippen LogP contribution in [-0.2, 0) is 0 Å². The lowest BCUT2D eigenvalue weighted by Gasteiger charge is -2.06. The summed E-state index contributed by atoms with van der Waals surface area (Å²) in [5.74, 6) is 0.115. The van der Waals surface area contributed by atoms with Crippen molar-refractivity contribution in [2.24, 2.45) is 0 Å². The first-order valence-corrected chi connectivity index (χ1v) is 4.86. The summed E-state index contributed by atoms with van der Waals surface area (Å²) in [5.41, 5.74) is 5.43. The molecule has 1 aromatic heterocycles. The number of hydrogen-bond donors (Lipinski definition) is 2. The van der Waals surface area contributed by atoms with E-state index in [0.717, 1.165) is 0 Å². The van der Waals surface area contributed by atoms with Crippen LogP contribution in [0.3, 0.4) is 0 Å². The highest BCUT2D eigenvalue weighted by Gasteiger charge is 2.08. The van der Waals surface area contributed by atoms with E-state index >= 15 is 0 Å². The first-order valence-electron chi connectivity index (χ1n) is 3.98. The topological polar surface area (TPSA) is 94.2 Å². The fourth-order valence-corrected chi connectivity index (χ4v) is 1.43. The second-order valence-corrected chi connectivity index (χ2v) is 3.98. The maximum atomic E-state index is 8.84. The first kappa shape index (κ1) is 11.0. The van der Waals surface area contributed by atoms with Gasteiger partial charge in [-0.1, -0.05) is 18.7 Å². The normalized spacial score (nSPS) is 12.5. The van der Waals surface area contributed by atoms with E-state index in [2.05, 4.69) is 15.0 Å². The minimum Gasteiger partial charge on any atom is -0.467 e. The number of aliphatic hydroxyl groups is 1. The van der Waals surface area contributed by atoms with Gasteiger partial charge < -0.3 is 15.6 Å². The van der Waals surface area contributed by atoms with Crippen LogP contribution in [0, 0.1) is 0 Å². The Hall–Kier alpha value is -1.08. The molecule has 0 aliphatic heterocycles. The van der Waals surface area contributed by atoms with Gasteiger partial charge in [-0.15, -0.1) is 0 Å². The summed E-state index contributed by atoms with van der Waals surface area (Å²) in [6.45, 7) is 1.91. The highest BCUT2D eigenvalue weighted by Crippen LogP contribution is 2.20. The molecule has 7 heteroatoms. The number of ether oxygens (including phenoxy) is 1. The van der Waals surface area contributed by atoms with Gasteiger partial charge in [0.15, 0.2) is 5.16 Å². The molecule has 0 radical (unpaired) electrons. The van der Waals surface area contributed by atoms with Gasteiger partial charge in [-0.05, 0) is 0 Å². The Labute approximate surface area is 85.9 Å². The molecule has 1 atom stereocenters. The van der Waals surface area contributed by atoms with Crippen molar-refractivity contribution < 1.29 is 9.84 Å². The number of aromatic nitrogens is 3. The minimum atomic E-state index is 0.0153. The lowest BCUT2D eigenvalue weighted by molar-refractivity contribution is 0.299. The van der Waals surface area contributed by atoms with Crippen molar-refractivity contribution >= 4 is 17.7 Å². The fourth-order valence-electron chi connectivity index (χ4n) is 0.714. The van der Waals surface area contributed by atoms with Crippen molar-refractivity contribution in [3.05, 3.63) is 0 Å². The largest absolute Gasteiger partial charge is 0.467 e. The van der Waals surface area contributed by atoms with Crippen LogP contribution < -0.4 is 10.5 Å². The van der Waals surface area contributed by atoms with Crippen LogP contribution in [0.4, 0.5) is 5.95 Å². The summed E-state index contributed by atoms with van der Waals surface area (Å²) in [7, 11) is 1.46. The molecule has 0 bridgehead atoms. The maximum absolute atomic E-state index is 8.84. The SMILES string of the molecule is COc1nc(N)nc(SC(C)CO)n1. The van der Waals surface area contributed by atoms with Gasteiger partial charge in [0.1, 0.15) is 0 Å². The van der Waals surface area contributed by atoms with Gasteiger partial charge in [-0.3, -0.25) is 0 Å². The summed E-state index contributed by atoms with van der Waals surface area (Å²) >= 11 is 1.32. The van der Waals surface area contributed by atoms with Gasteiger partial charge >= 0.3 is 6.01 Å². The van der Waals surface area contributed by atoms with Gasteiger partial charge in [-0.25, -0.2) is 0 Å². The lowest BCUT2D eigenvalue weighted by atomic mass is 10.5. The first-order chi connectivity index (χ1) is 6.65. The molecule has 0 saturated carbocycles. The number of methoxy groups -OCH3 is 1. The fraction of sp³-hybridized carbons (Fsp3) is 0.571. The highest BCUT2D eigenvalue weighted by atomic mass is 32.2.